The Morgan fingerprint density at radius 3 is 2.42 bits per heavy atom. The molecule has 1 aromatic heterocycles. The molecule has 3 saturated heterocycles. The summed E-state index contributed by atoms with van der Waals surface area (Å²) >= 11 is 7.55. The van der Waals surface area contributed by atoms with Gasteiger partial charge in [0.05, 0.1) is 29.4 Å². The summed E-state index contributed by atoms with van der Waals surface area (Å²) in [6, 6.07) is 1.98. The number of aromatic nitrogens is 1. The van der Waals surface area contributed by atoms with E-state index in [0.717, 1.165) is 33.3 Å². The third kappa shape index (κ3) is 6.48. The van der Waals surface area contributed by atoms with Crippen LogP contribution in [-0.4, -0.2) is 134 Å². The Kier molecular flexibility index (Phi) is 9.97. The van der Waals surface area contributed by atoms with Gasteiger partial charge in [-0.2, -0.15) is 0 Å². The summed E-state index contributed by atoms with van der Waals surface area (Å²) in [7, 11) is 0. The smallest absolute Gasteiger partial charge is 0.350 e. The van der Waals surface area contributed by atoms with E-state index in [1.54, 1.807) is 0 Å². The Hall–Kier alpha value is -5.68. The number of phenolic OH excluding ortho intramolecular Hbond substituents is 2. The number of β-lactam (4-membered cyclic amide) rings is 1. The lowest BCUT2D eigenvalue weighted by Gasteiger charge is -2.41. The molecule has 0 spiro atoms. The number of ketones is 1. The maximum Gasteiger partial charge on any atom is 0.350 e. The van der Waals surface area contributed by atoms with Crippen LogP contribution < -0.4 is 11.2 Å². The predicted octanol–water partition coefficient (Wildman–Crippen LogP) is -0.774. The molecule has 4 amide bonds. The average molecular weight is 783 g/mol. The molecule has 0 saturated carbocycles. The molecule has 21 nitrogen and oxygen atoms in total. The second-order valence-corrected chi connectivity index (χ2v) is 14.5. The van der Waals surface area contributed by atoms with E-state index in [4.69, 9.17) is 22.2 Å². The predicted molar refractivity (Wildman–Crippen MR) is 177 cm³/mol. The molecule has 3 fully saturated rings. The summed E-state index contributed by atoms with van der Waals surface area (Å²) in [5, 5.41) is 55.7. The van der Waals surface area contributed by atoms with E-state index in [1.165, 1.54) is 19.2 Å². The van der Waals surface area contributed by atoms with E-state index in [-0.39, 0.29) is 16.4 Å². The lowest BCUT2D eigenvalue weighted by Crippen LogP contribution is -2.67. The first-order chi connectivity index (χ1) is 24.3. The van der Waals surface area contributed by atoms with Gasteiger partial charge in [0.2, 0.25) is 16.4 Å². The van der Waals surface area contributed by atoms with Crippen LogP contribution in [0.2, 0.25) is 5.02 Å². The van der Waals surface area contributed by atoms with Crippen LogP contribution in [-0.2, 0) is 38.4 Å². The number of fused-ring (bicyclic) bond motifs is 1. The topological polar surface area (TPSA) is 315 Å². The second-order valence-electron chi connectivity index (χ2n) is 11.8. The lowest BCUT2D eigenvalue weighted by atomic mass is 9.90. The van der Waals surface area contributed by atoms with E-state index < -0.39 is 117 Å². The van der Waals surface area contributed by atoms with Gasteiger partial charge in [-0.3, -0.25) is 29.4 Å². The van der Waals surface area contributed by atoms with Gasteiger partial charge in [-0.15, -0.1) is 11.3 Å². The zero-order valence-electron chi connectivity index (χ0n) is 26.7. The number of nitrogen functional groups attached to an aromatic ring is 1. The number of halogens is 1. The van der Waals surface area contributed by atoms with Crippen molar-refractivity contribution in [2.45, 2.75) is 36.1 Å². The molecule has 0 aliphatic carbocycles. The number of carbonyl (C=O) groups is 7. The number of nitrogens with two attached hydrogens (primary N) is 1. The molecule has 8 N–H and O–H groups in total. The molecule has 0 bridgehead atoms. The fourth-order valence-electron chi connectivity index (χ4n) is 5.30. The molecule has 52 heavy (non-hydrogen) atoms. The van der Waals surface area contributed by atoms with Crippen LogP contribution in [0.5, 0.6) is 11.5 Å². The Balaban J connectivity index is 1.31. The van der Waals surface area contributed by atoms with Crippen LogP contribution in [0.1, 0.15) is 31.5 Å². The fourth-order valence-corrected chi connectivity index (χ4v) is 7.79. The number of aliphatic carboxylic acids is 2. The van der Waals surface area contributed by atoms with Gasteiger partial charge in [0, 0.05) is 23.9 Å². The average Bonchev–Trinajstić information content (AvgIpc) is 3.68. The van der Waals surface area contributed by atoms with Crippen molar-refractivity contribution >= 4 is 92.6 Å². The van der Waals surface area contributed by atoms with Crippen molar-refractivity contribution in [1.29, 1.82) is 0 Å². The second kappa shape index (κ2) is 13.8. The number of Topliss-reactive ketones (excluding diaryl/α,β-unsaturated/α-hetero) is 1. The summed E-state index contributed by atoms with van der Waals surface area (Å²) < 4.78 is 0. The third-order valence-electron chi connectivity index (χ3n) is 8.16. The lowest BCUT2D eigenvalue weighted by molar-refractivity contribution is -0.168. The van der Waals surface area contributed by atoms with Crippen molar-refractivity contribution in [3.05, 3.63) is 33.8 Å². The van der Waals surface area contributed by atoms with Crippen LogP contribution in [0, 0.1) is 5.92 Å². The minimum absolute atomic E-state index is 0.0490. The number of thioether (sulfide) groups is 1. The number of thiazole rings is 1. The first-order valence-electron chi connectivity index (χ1n) is 14.7. The molecule has 0 radical (unpaired) electrons. The van der Waals surface area contributed by atoms with Gasteiger partial charge in [-0.1, -0.05) is 33.7 Å². The number of nitrogens with zero attached hydrogens (tertiary/aromatic N) is 6. The van der Waals surface area contributed by atoms with Gasteiger partial charge in [0.25, 0.3) is 5.91 Å². The summed E-state index contributed by atoms with van der Waals surface area (Å²) in [4.78, 5) is 99.2. The van der Waals surface area contributed by atoms with Gasteiger partial charge in [-0.05, 0) is 26.0 Å². The molecule has 3 aliphatic heterocycles. The number of hydrogen-bond acceptors (Lipinski definition) is 17. The number of anilines is 1. The molecule has 4 heterocycles. The first kappa shape index (κ1) is 37.6. The first-order valence-corrected chi connectivity index (χ1v) is 16.8. The number of aromatic hydroxyl groups is 2. The number of amides is 4. The van der Waals surface area contributed by atoms with E-state index in [9.17, 15) is 59.2 Å². The maximum atomic E-state index is 13.5. The van der Waals surface area contributed by atoms with Crippen LogP contribution in [0.15, 0.2) is 27.8 Å². The maximum absolute atomic E-state index is 13.5. The fraction of sp³-hybridized carbons (Fsp3) is 0.357. The highest BCUT2D eigenvalue weighted by Gasteiger charge is 2.66. The van der Waals surface area contributed by atoms with Crippen LogP contribution in [0.25, 0.3) is 0 Å². The van der Waals surface area contributed by atoms with E-state index in [0.29, 0.717) is 16.8 Å². The van der Waals surface area contributed by atoms with E-state index >= 15 is 0 Å². The number of benzene rings is 1. The molecule has 276 valence electrons. The minimum Gasteiger partial charge on any atom is -0.504 e. The van der Waals surface area contributed by atoms with Gasteiger partial charge in [-0.25, -0.2) is 19.6 Å². The largest absolute Gasteiger partial charge is 0.504 e. The monoisotopic (exact) mass is 782 g/mol. The van der Waals surface area contributed by atoms with Crippen molar-refractivity contribution < 1.29 is 64.0 Å². The van der Waals surface area contributed by atoms with Crippen LogP contribution in [0.4, 0.5) is 5.13 Å². The van der Waals surface area contributed by atoms with Gasteiger partial charge in [0.15, 0.2) is 33.8 Å². The summed E-state index contributed by atoms with van der Waals surface area (Å²) in [5.41, 5.74) is 4.25. The Labute approximate surface area is 304 Å². The number of carboxylic acid groups (broad SMARTS) is 2. The highest BCUT2D eigenvalue weighted by atomic mass is 35.5. The Morgan fingerprint density at radius 1 is 1.13 bits per heavy atom. The number of nitrogens with one attached hydrogen (secondary N) is 1. The highest BCUT2D eigenvalue weighted by molar-refractivity contribution is 8.02. The number of hydrogen-bond donors (Lipinski definition) is 7. The number of hydrazine groups is 1. The molecular weight excluding hydrogens is 756 g/mol. The number of carboxylic acids is 2. The van der Waals surface area contributed by atoms with Crippen LogP contribution in [0.3, 0.4) is 0 Å². The summed E-state index contributed by atoms with van der Waals surface area (Å²) in [6.45, 7) is 0.878. The summed E-state index contributed by atoms with van der Waals surface area (Å²) in [6.07, 6.45) is -0.542. The highest BCUT2D eigenvalue weighted by Crippen LogP contribution is 2.52. The molecule has 1 unspecified atom stereocenters. The number of rotatable bonds is 12. The molecule has 3 aliphatic rings. The standard InChI is InChI=1S/C28H27ClN8O13S2/c1-27(2,24(45)46)50-34-17(12-8-51-26(30)31-12)14(39)7-11-20(42)35-9-28(25(47)48,52-23(11)35)36-5-6-37(22(44)21(36)43)32-19(41)16(33-49)10-3-4-13(38)18(40)15(10)29/h3-4,8,11,23,38,40,49H,5-7,9H2,1-2H3,(H2,30,31)(H,32,41)(H,45,46)(H,47,48)/b33-16-,34-17-/t11?,23-,28-/m1/s1. The molecule has 24 heteroatoms. The van der Waals surface area contributed by atoms with E-state index in [1.807, 2.05) is 0 Å². The zero-order valence-corrected chi connectivity index (χ0v) is 29.1. The van der Waals surface area contributed by atoms with Crippen LogP contribution >= 0.6 is 34.7 Å². The third-order valence-corrected chi connectivity index (χ3v) is 11.0. The molecular formula is C28H27ClN8O13S2. The molecule has 2 aromatic rings. The van der Waals surface area contributed by atoms with Gasteiger partial charge in [0.1, 0.15) is 5.69 Å². The Morgan fingerprint density at radius 2 is 1.83 bits per heavy atom. The van der Waals surface area contributed by atoms with E-state index in [2.05, 4.69) is 20.7 Å². The number of phenols is 2. The molecule has 3 atom stereocenters. The molecule has 5 rings (SSSR count). The number of oxime groups is 2. The van der Waals surface area contributed by atoms with Crippen molar-refractivity contribution in [2.75, 3.05) is 25.4 Å². The number of carbonyl (C=O) groups excluding carboxylic acids is 5. The quantitative estimate of drug-likeness (QED) is 0.0347. The van der Waals surface area contributed by atoms with Gasteiger partial charge < -0.3 is 46.0 Å². The minimum atomic E-state index is -2.19. The van der Waals surface area contributed by atoms with Crippen molar-refractivity contribution in [3.63, 3.8) is 0 Å². The van der Waals surface area contributed by atoms with Crippen molar-refractivity contribution in [2.24, 2.45) is 16.2 Å². The SMILES string of the molecule is CC(C)(O/N=C(\C(=O)CC1C(=O)N2C[C@@](C(=O)O)(N3CCN(NC(=O)/C(=N\O)c4ccc(O)c(O)c4Cl)C(=O)C3=O)S[C@H]12)c1csc(N)n1)C(=O)O. The molecule has 1 aromatic carbocycles. The zero-order chi connectivity index (χ0) is 38.4. The summed E-state index contributed by atoms with van der Waals surface area (Å²) in [5.74, 6) is -11.0. The number of piperazine rings is 1. The Bertz CT molecular complexity index is 1990. The van der Waals surface area contributed by atoms with Gasteiger partial charge >= 0.3 is 23.8 Å². The normalized spacial score (nSPS) is 22.2. The van der Waals surface area contributed by atoms with Crippen molar-refractivity contribution in [3.8, 4) is 11.5 Å². The van der Waals surface area contributed by atoms with Crippen molar-refractivity contribution in [1.82, 2.24) is 25.2 Å².